The Morgan fingerprint density at radius 1 is 1.07 bits per heavy atom. The monoisotopic (exact) mass is 415 g/mol. The highest BCUT2D eigenvalue weighted by atomic mass is 32.2. The van der Waals surface area contributed by atoms with Gasteiger partial charge < -0.3 is 11.1 Å². The van der Waals surface area contributed by atoms with Crippen molar-refractivity contribution in [3.8, 4) is 0 Å². The average Bonchev–Trinajstić information content (AvgIpc) is 2.67. The lowest BCUT2D eigenvalue weighted by Gasteiger charge is -2.17. The second-order valence-electron chi connectivity index (χ2n) is 6.58. The van der Waals surface area contributed by atoms with Crippen LogP contribution in [0.3, 0.4) is 0 Å². The molecule has 0 saturated heterocycles. The maximum Gasteiger partial charge on any atom is 0.208 e. The van der Waals surface area contributed by atoms with Crippen LogP contribution in [0.2, 0.25) is 0 Å². The van der Waals surface area contributed by atoms with Crippen LogP contribution in [-0.2, 0) is 14.8 Å². The van der Waals surface area contributed by atoms with Crippen LogP contribution >= 0.6 is 0 Å². The highest BCUT2D eigenvalue weighted by Gasteiger charge is 2.15. The van der Waals surface area contributed by atoms with Crippen LogP contribution in [0.15, 0.2) is 48.5 Å². The van der Waals surface area contributed by atoms with Crippen molar-refractivity contribution in [2.75, 3.05) is 25.1 Å². The number of hydrogen-bond donors (Lipinski definition) is 3. The number of benzene rings is 2. The van der Waals surface area contributed by atoms with E-state index in [-0.39, 0.29) is 12.3 Å². The summed E-state index contributed by atoms with van der Waals surface area (Å²) in [5.74, 6) is -0.127. The van der Waals surface area contributed by atoms with Gasteiger partial charge in [0, 0.05) is 35.5 Å². The summed E-state index contributed by atoms with van der Waals surface area (Å²) in [6.07, 6.45) is 2.32. The summed E-state index contributed by atoms with van der Waals surface area (Å²) in [4.78, 5) is 23.8. The molecule has 8 heteroatoms. The molecule has 2 aromatic carbocycles. The molecule has 2 aromatic rings. The van der Waals surface area contributed by atoms with E-state index < -0.39 is 10.0 Å². The molecule has 0 aromatic heterocycles. The Balaban J connectivity index is 2.42. The lowest BCUT2D eigenvalue weighted by molar-refractivity contribution is -0.103. The number of aldehydes is 1. The lowest BCUT2D eigenvalue weighted by atomic mass is 9.96. The third-order valence-corrected chi connectivity index (χ3v) is 4.95. The van der Waals surface area contributed by atoms with E-state index in [4.69, 9.17) is 5.73 Å². The zero-order chi connectivity index (χ0) is 21.4. The summed E-state index contributed by atoms with van der Waals surface area (Å²) in [6.45, 7) is 2.15. The zero-order valence-electron chi connectivity index (χ0n) is 16.4. The van der Waals surface area contributed by atoms with Crippen molar-refractivity contribution < 1.29 is 18.0 Å². The van der Waals surface area contributed by atoms with Gasteiger partial charge in [0.2, 0.25) is 10.0 Å². The molecule has 0 aliphatic carbocycles. The SMILES string of the molecule is CC(=O)c1ccc(N)c(/C(C=O)=C(/NCCCNS(C)(=O)=O)c2ccccc2)c1. The highest BCUT2D eigenvalue weighted by molar-refractivity contribution is 7.88. The normalized spacial score (nSPS) is 12.2. The quantitative estimate of drug-likeness (QED) is 0.137. The van der Waals surface area contributed by atoms with Crippen molar-refractivity contribution in [3.05, 3.63) is 65.2 Å². The second-order valence-corrected chi connectivity index (χ2v) is 8.41. The fourth-order valence-corrected chi connectivity index (χ4v) is 3.30. The van der Waals surface area contributed by atoms with E-state index in [9.17, 15) is 18.0 Å². The Bertz CT molecular complexity index is 1020. The van der Waals surface area contributed by atoms with Crippen molar-refractivity contribution in [2.24, 2.45) is 0 Å². The van der Waals surface area contributed by atoms with Crippen molar-refractivity contribution in [2.45, 2.75) is 13.3 Å². The van der Waals surface area contributed by atoms with E-state index in [0.717, 1.165) is 11.8 Å². The Hall–Kier alpha value is -2.97. The number of nitrogens with one attached hydrogen (secondary N) is 2. The van der Waals surface area contributed by atoms with Gasteiger partial charge in [-0.2, -0.15) is 0 Å². The predicted molar refractivity (Wildman–Crippen MR) is 116 cm³/mol. The largest absolute Gasteiger partial charge is 0.398 e. The zero-order valence-corrected chi connectivity index (χ0v) is 17.3. The molecule has 0 bridgehead atoms. The van der Waals surface area contributed by atoms with Crippen molar-refractivity contribution in [3.63, 3.8) is 0 Å². The molecule has 0 saturated carbocycles. The van der Waals surface area contributed by atoms with Crippen LogP contribution in [0.25, 0.3) is 11.3 Å². The van der Waals surface area contributed by atoms with E-state index in [2.05, 4.69) is 10.0 Å². The molecule has 4 N–H and O–H groups in total. The smallest absolute Gasteiger partial charge is 0.208 e. The van der Waals surface area contributed by atoms with Gasteiger partial charge in [0.25, 0.3) is 0 Å². The minimum absolute atomic E-state index is 0.127. The Morgan fingerprint density at radius 3 is 2.34 bits per heavy atom. The van der Waals surface area contributed by atoms with Gasteiger partial charge in [-0.1, -0.05) is 30.3 Å². The fourth-order valence-electron chi connectivity index (χ4n) is 2.78. The molecule has 29 heavy (non-hydrogen) atoms. The number of hydrogen-bond acceptors (Lipinski definition) is 6. The number of sulfonamides is 1. The van der Waals surface area contributed by atoms with E-state index in [1.165, 1.54) is 6.92 Å². The number of nitrogens with two attached hydrogens (primary N) is 1. The van der Waals surface area contributed by atoms with E-state index in [1.54, 1.807) is 18.2 Å². The molecule has 0 unspecified atom stereocenters. The van der Waals surface area contributed by atoms with E-state index >= 15 is 0 Å². The standard InChI is InChI=1S/C21H25N3O4S/c1-15(26)17-9-10-20(22)18(13-17)19(14-25)21(16-7-4-3-5-8-16)23-11-6-12-24-29(2,27)28/h3-5,7-10,13-14,23-24H,6,11-12,22H2,1-2H3/b21-19+. The predicted octanol–water partition coefficient (Wildman–Crippen LogP) is 2.07. The first-order valence-electron chi connectivity index (χ1n) is 9.07. The number of nitrogen functional groups attached to an aromatic ring is 1. The molecule has 0 amide bonds. The van der Waals surface area contributed by atoms with Gasteiger partial charge in [-0.05, 0) is 37.1 Å². The summed E-state index contributed by atoms with van der Waals surface area (Å²) in [5.41, 5.74) is 9.07. The number of ketones is 1. The third kappa shape index (κ3) is 6.55. The van der Waals surface area contributed by atoms with Crippen molar-refractivity contribution in [1.82, 2.24) is 10.0 Å². The average molecular weight is 416 g/mol. The van der Waals surface area contributed by atoms with Crippen LogP contribution in [-0.4, -0.2) is 39.8 Å². The van der Waals surface area contributed by atoms with Gasteiger partial charge in [0.05, 0.1) is 12.0 Å². The molecule has 0 fully saturated rings. The number of Topliss-reactive ketones (excluding diaryl/α,β-unsaturated/α-hetero) is 1. The Kier molecular flexibility index (Phi) is 7.69. The Morgan fingerprint density at radius 2 is 1.76 bits per heavy atom. The molecule has 0 heterocycles. The topological polar surface area (TPSA) is 118 Å². The van der Waals surface area contributed by atoms with Crippen LogP contribution in [0.5, 0.6) is 0 Å². The third-order valence-electron chi connectivity index (χ3n) is 4.22. The maximum atomic E-state index is 12.0. The number of allylic oxidation sites excluding steroid dienone is 1. The van der Waals surface area contributed by atoms with Gasteiger partial charge in [0.1, 0.15) is 0 Å². The minimum atomic E-state index is -3.25. The first-order valence-corrected chi connectivity index (χ1v) is 11.0. The van der Waals surface area contributed by atoms with Crippen LogP contribution in [0.1, 0.15) is 34.8 Å². The number of carbonyl (C=O) groups excluding carboxylic acids is 2. The number of carbonyl (C=O) groups is 2. The molecular formula is C21H25N3O4S. The molecule has 154 valence electrons. The maximum absolute atomic E-state index is 12.0. The second kappa shape index (κ2) is 9.99. The number of anilines is 1. The summed E-state index contributed by atoms with van der Waals surface area (Å²) in [5, 5.41) is 3.22. The molecule has 0 atom stereocenters. The van der Waals surface area contributed by atoms with Gasteiger partial charge in [0.15, 0.2) is 12.1 Å². The van der Waals surface area contributed by atoms with Crippen molar-refractivity contribution in [1.29, 1.82) is 0 Å². The molecule has 7 nitrogen and oxygen atoms in total. The van der Waals surface area contributed by atoms with Gasteiger partial charge in [-0.25, -0.2) is 13.1 Å². The fraction of sp³-hybridized carbons (Fsp3) is 0.238. The van der Waals surface area contributed by atoms with Crippen LogP contribution in [0, 0.1) is 0 Å². The molecule has 0 radical (unpaired) electrons. The van der Waals surface area contributed by atoms with Crippen LogP contribution in [0.4, 0.5) is 5.69 Å². The molecular weight excluding hydrogens is 390 g/mol. The van der Waals surface area contributed by atoms with E-state index in [1.807, 2.05) is 30.3 Å². The van der Waals surface area contributed by atoms with Gasteiger partial charge >= 0.3 is 0 Å². The highest BCUT2D eigenvalue weighted by Crippen LogP contribution is 2.28. The summed E-state index contributed by atoms with van der Waals surface area (Å²) >= 11 is 0. The first kappa shape index (κ1) is 22.3. The summed E-state index contributed by atoms with van der Waals surface area (Å²) < 4.78 is 24.8. The number of rotatable bonds is 10. The molecule has 2 rings (SSSR count). The summed E-state index contributed by atoms with van der Waals surface area (Å²) in [7, 11) is -3.25. The lowest BCUT2D eigenvalue weighted by Crippen LogP contribution is -2.26. The molecule has 0 aliphatic rings. The van der Waals surface area contributed by atoms with Gasteiger partial charge in [-0.15, -0.1) is 0 Å². The molecule has 0 spiro atoms. The summed E-state index contributed by atoms with van der Waals surface area (Å²) in [6, 6.07) is 14.1. The minimum Gasteiger partial charge on any atom is -0.398 e. The van der Waals surface area contributed by atoms with Gasteiger partial charge in [-0.3, -0.25) is 9.59 Å². The van der Waals surface area contributed by atoms with Crippen LogP contribution < -0.4 is 15.8 Å². The Labute approximate surface area is 171 Å². The molecule has 0 aliphatic heterocycles. The first-order chi connectivity index (χ1) is 13.7. The van der Waals surface area contributed by atoms with Crippen molar-refractivity contribution >= 4 is 39.1 Å². The van der Waals surface area contributed by atoms with E-state index in [0.29, 0.717) is 47.3 Å².